The molecule has 136 valence electrons. The second-order valence-electron chi connectivity index (χ2n) is 6.42. The molecule has 2 amide bonds. The lowest BCUT2D eigenvalue weighted by Gasteiger charge is -2.32. The Morgan fingerprint density at radius 1 is 1.19 bits per heavy atom. The van der Waals surface area contributed by atoms with Crippen LogP contribution in [0.1, 0.15) is 28.8 Å². The van der Waals surface area contributed by atoms with Crippen molar-refractivity contribution in [1.82, 2.24) is 10.2 Å². The van der Waals surface area contributed by atoms with Gasteiger partial charge in [-0.1, -0.05) is 35.9 Å². The van der Waals surface area contributed by atoms with Gasteiger partial charge in [0.05, 0.1) is 11.5 Å². The number of carbonyl (C=O) groups excluding carboxylic acids is 2. The predicted molar refractivity (Wildman–Crippen MR) is 98.3 cm³/mol. The first-order valence-electron chi connectivity index (χ1n) is 8.60. The Morgan fingerprint density at radius 3 is 2.77 bits per heavy atom. The van der Waals surface area contributed by atoms with Crippen molar-refractivity contribution in [3.63, 3.8) is 0 Å². The lowest BCUT2D eigenvalue weighted by atomic mass is 9.96. The summed E-state index contributed by atoms with van der Waals surface area (Å²) in [5.41, 5.74) is 0.966. The van der Waals surface area contributed by atoms with E-state index in [1.807, 2.05) is 12.1 Å². The number of likely N-dealkylation sites (tertiary alicyclic amines) is 1. The first kappa shape index (κ1) is 18.4. The molecular weight excluding hydrogens is 355 g/mol. The molecule has 1 fully saturated rings. The summed E-state index contributed by atoms with van der Waals surface area (Å²) in [6.07, 6.45) is 1.43. The molecule has 2 aromatic rings. The molecule has 0 radical (unpaired) electrons. The number of piperidine rings is 1. The molecule has 0 spiro atoms. The summed E-state index contributed by atoms with van der Waals surface area (Å²) in [6, 6.07) is 13.2. The number of nitrogens with one attached hydrogen (secondary N) is 1. The highest BCUT2D eigenvalue weighted by atomic mass is 35.5. The Labute approximate surface area is 157 Å². The van der Waals surface area contributed by atoms with Gasteiger partial charge >= 0.3 is 0 Å². The predicted octanol–water partition coefficient (Wildman–Crippen LogP) is 3.65. The SMILES string of the molecule is O=C(NCc1cccc(Cl)c1)[C@@H]1CCCN(C(=O)c2ccccc2F)C1. The van der Waals surface area contributed by atoms with E-state index in [4.69, 9.17) is 11.6 Å². The second-order valence-corrected chi connectivity index (χ2v) is 6.85. The monoisotopic (exact) mass is 374 g/mol. The number of hydrogen-bond donors (Lipinski definition) is 1. The highest BCUT2D eigenvalue weighted by molar-refractivity contribution is 6.30. The number of amides is 2. The van der Waals surface area contributed by atoms with Gasteiger partial charge in [0.15, 0.2) is 0 Å². The van der Waals surface area contributed by atoms with Crippen molar-refractivity contribution in [2.24, 2.45) is 5.92 Å². The van der Waals surface area contributed by atoms with E-state index in [1.165, 1.54) is 12.1 Å². The number of benzene rings is 2. The van der Waals surface area contributed by atoms with E-state index >= 15 is 0 Å². The minimum Gasteiger partial charge on any atom is -0.352 e. The molecule has 1 atom stereocenters. The Morgan fingerprint density at radius 2 is 2.00 bits per heavy atom. The van der Waals surface area contributed by atoms with E-state index in [-0.39, 0.29) is 23.3 Å². The fourth-order valence-electron chi connectivity index (χ4n) is 3.16. The third-order valence-corrected chi connectivity index (χ3v) is 4.77. The zero-order chi connectivity index (χ0) is 18.5. The zero-order valence-corrected chi connectivity index (χ0v) is 15.0. The molecule has 0 saturated carbocycles. The molecule has 6 heteroatoms. The van der Waals surface area contributed by atoms with E-state index in [0.717, 1.165) is 12.0 Å². The molecule has 1 N–H and O–H groups in total. The molecule has 1 aliphatic rings. The minimum atomic E-state index is -0.537. The summed E-state index contributed by atoms with van der Waals surface area (Å²) in [5.74, 6) is -1.30. The molecule has 26 heavy (non-hydrogen) atoms. The largest absolute Gasteiger partial charge is 0.352 e. The molecular formula is C20H20ClFN2O2. The zero-order valence-electron chi connectivity index (χ0n) is 14.3. The van der Waals surface area contributed by atoms with E-state index in [1.54, 1.807) is 29.2 Å². The van der Waals surface area contributed by atoms with Crippen LogP contribution in [0.5, 0.6) is 0 Å². The number of halogens is 2. The second kappa shape index (κ2) is 8.32. The van der Waals surface area contributed by atoms with E-state index in [2.05, 4.69) is 5.32 Å². The van der Waals surface area contributed by atoms with Crippen LogP contribution in [0.25, 0.3) is 0 Å². The maximum Gasteiger partial charge on any atom is 0.256 e. The fourth-order valence-corrected chi connectivity index (χ4v) is 3.37. The van der Waals surface area contributed by atoms with Gasteiger partial charge < -0.3 is 10.2 Å². The molecule has 1 aliphatic heterocycles. The average Bonchev–Trinajstić information content (AvgIpc) is 2.66. The molecule has 4 nitrogen and oxygen atoms in total. The van der Waals surface area contributed by atoms with Crippen LogP contribution in [-0.2, 0) is 11.3 Å². The van der Waals surface area contributed by atoms with E-state index in [0.29, 0.717) is 31.1 Å². The van der Waals surface area contributed by atoms with Crippen molar-refractivity contribution in [3.05, 3.63) is 70.5 Å². The minimum absolute atomic E-state index is 0.0486. The highest BCUT2D eigenvalue weighted by Crippen LogP contribution is 2.20. The molecule has 0 unspecified atom stereocenters. The van der Waals surface area contributed by atoms with Gasteiger partial charge in [-0.05, 0) is 42.7 Å². The van der Waals surface area contributed by atoms with Crippen LogP contribution >= 0.6 is 11.6 Å². The Hall–Kier alpha value is -2.40. The summed E-state index contributed by atoms with van der Waals surface area (Å²) in [5, 5.41) is 3.52. The van der Waals surface area contributed by atoms with Crippen LogP contribution in [-0.4, -0.2) is 29.8 Å². The number of hydrogen-bond acceptors (Lipinski definition) is 2. The first-order chi connectivity index (χ1) is 12.5. The Kier molecular flexibility index (Phi) is 5.89. The topological polar surface area (TPSA) is 49.4 Å². The maximum absolute atomic E-state index is 13.9. The highest BCUT2D eigenvalue weighted by Gasteiger charge is 2.29. The smallest absolute Gasteiger partial charge is 0.256 e. The van der Waals surface area contributed by atoms with Crippen LogP contribution in [0.3, 0.4) is 0 Å². The molecule has 0 aromatic heterocycles. The van der Waals surface area contributed by atoms with Crippen LogP contribution in [0, 0.1) is 11.7 Å². The van der Waals surface area contributed by atoms with Crippen molar-refractivity contribution in [2.45, 2.75) is 19.4 Å². The van der Waals surface area contributed by atoms with Crippen molar-refractivity contribution in [3.8, 4) is 0 Å². The van der Waals surface area contributed by atoms with Crippen molar-refractivity contribution in [2.75, 3.05) is 13.1 Å². The lowest BCUT2D eigenvalue weighted by molar-refractivity contribution is -0.126. The van der Waals surface area contributed by atoms with Crippen molar-refractivity contribution < 1.29 is 14.0 Å². The summed E-state index contributed by atoms with van der Waals surface area (Å²) >= 11 is 5.95. The molecule has 1 heterocycles. The molecule has 0 aliphatic carbocycles. The van der Waals surface area contributed by atoms with Gasteiger partial charge in [0, 0.05) is 24.7 Å². The van der Waals surface area contributed by atoms with Crippen molar-refractivity contribution in [1.29, 1.82) is 0 Å². The standard InChI is InChI=1S/C20H20ClFN2O2/c21-16-7-3-5-14(11-16)12-23-19(25)15-6-4-10-24(13-15)20(26)17-8-1-2-9-18(17)22/h1-3,5,7-9,11,15H,4,6,10,12-13H2,(H,23,25)/t15-/m1/s1. The molecule has 2 aromatic carbocycles. The third-order valence-electron chi connectivity index (χ3n) is 4.54. The number of carbonyl (C=O) groups is 2. The number of rotatable bonds is 4. The quantitative estimate of drug-likeness (QED) is 0.888. The lowest BCUT2D eigenvalue weighted by Crippen LogP contribution is -2.45. The molecule has 0 bridgehead atoms. The average molecular weight is 375 g/mol. The summed E-state index contributed by atoms with van der Waals surface area (Å²) in [4.78, 5) is 26.6. The van der Waals surface area contributed by atoms with Crippen LogP contribution in [0.15, 0.2) is 48.5 Å². The summed E-state index contributed by atoms with van der Waals surface area (Å²) in [7, 11) is 0. The fraction of sp³-hybridized carbons (Fsp3) is 0.300. The normalized spacial score (nSPS) is 17.0. The van der Waals surface area contributed by atoms with E-state index in [9.17, 15) is 14.0 Å². The maximum atomic E-state index is 13.9. The summed E-state index contributed by atoms with van der Waals surface area (Å²) < 4.78 is 13.9. The van der Waals surface area contributed by atoms with Gasteiger partial charge in [-0.2, -0.15) is 0 Å². The molecule has 3 rings (SSSR count). The van der Waals surface area contributed by atoms with Gasteiger partial charge in [0.1, 0.15) is 5.82 Å². The van der Waals surface area contributed by atoms with Gasteiger partial charge in [0.25, 0.3) is 5.91 Å². The third kappa shape index (κ3) is 4.41. The Bertz CT molecular complexity index is 812. The summed E-state index contributed by atoms with van der Waals surface area (Å²) in [6.45, 7) is 1.22. The van der Waals surface area contributed by atoms with Gasteiger partial charge in [-0.3, -0.25) is 9.59 Å². The Balaban J connectivity index is 1.60. The van der Waals surface area contributed by atoms with Crippen molar-refractivity contribution >= 4 is 23.4 Å². The van der Waals surface area contributed by atoms with E-state index < -0.39 is 5.82 Å². The van der Waals surface area contributed by atoms with Gasteiger partial charge in [0.2, 0.25) is 5.91 Å². The first-order valence-corrected chi connectivity index (χ1v) is 8.98. The number of nitrogens with zero attached hydrogens (tertiary/aromatic N) is 1. The van der Waals surface area contributed by atoms with Crippen LogP contribution < -0.4 is 5.32 Å². The van der Waals surface area contributed by atoms with Crippen LogP contribution in [0.2, 0.25) is 5.02 Å². The van der Waals surface area contributed by atoms with Gasteiger partial charge in [-0.15, -0.1) is 0 Å². The van der Waals surface area contributed by atoms with Gasteiger partial charge in [-0.25, -0.2) is 4.39 Å². The van der Waals surface area contributed by atoms with Crippen LogP contribution in [0.4, 0.5) is 4.39 Å². The molecule has 1 saturated heterocycles.